The molecule has 0 aliphatic rings. The monoisotopic (exact) mass is 204 g/mol. The molecule has 0 aromatic heterocycles. The number of aliphatic hydroxyl groups is 2. The van der Waals surface area contributed by atoms with Gasteiger partial charge in [-0.05, 0) is 13.8 Å². The van der Waals surface area contributed by atoms with E-state index in [4.69, 9.17) is 10.2 Å². The molecule has 0 aliphatic heterocycles. The van der Waals surface area contributed by atoms with Crippen LogP contribution in [0.15, 0.2) is 0 Å². The van der Waals surface area contributed by atoms with E-state index in [1.807, 2.05) is 0 Å². The molecule has 0 aromatic rings. The maximum absolute atomic E-state index is 11.1. The van der Waals surface area contributed by atoms with Gasteiger partial charge < -0.3 is 14.9 Å². The SMILES string of the molecule is CC(=O)C(C(C)=O)C(=O)OC(O)CO. The molecular formula is C8H12O6. The molecule has 0 bridgehead atoms. The van der Waals surface area contributed by atoms with E-state index in [1.54, 1.807) is 0 Å². The topological polar surface area (TPSA) is 101 Å². The van der Waals surface area contributed by atoms with Gasteiger partial charge in [0.15, 0.2) is 17.5 Å². The normalized spacial score (nSPS) is 12.4. The van der Waals surface area contributed by atoms with Crippen molar-refractivity contribution in [1.82, 2.24) is 0 Å². The number of rotatable bonds is 5. The lowest BCUT2D eigenvalue weighted by molar-refractivity contribution is -0.179. The van der Waals surface area contributed by atoms with Gasteiger partial charge in [-0.2, -0.15) is 0 Å². The van der Waals surface area contributed by atoms with Crippen LogP contribution in [-0.2, 0) is 19.1 Å². The first kappa shape index (κ1) is 12.7. The fourth-order valence-corrected chi connectivity index (χ4v) is 0.858. The minimum atomic E-state index is -1.70. The van der Waals surface area contributed by atoms with Crippen LogP contribution < -0.4 is 0 Å². The fourth-order valence-electron chi connectivity index (χ4n) is 0.858. The number of ether oxygens (including phenoxy) is 1. The molecule has 1 unspecified atom stereocenters. The summed E-state index contributed by atoms with van der Waals surface area (Å²) in [4.78, 5) is 32.7. The predicted molar refractivity (Wildman–Crippen MR) is 44.0 cm³/mol. The Hall–Kier alpha value is -1.27. The number of carbonyl (C=O) groups is 3. The van der Waals surface area contributed by atoms with Gasteiger partial charge in [0, 0.05) is 0 Å². The smallest absolute Gasteiger partial charge is 0.326 e. The molecule has 1 atom stereocenters. The molecule has 2 N–H and O–H groups in total. The molecule has 0 aromatic carbocycles. The summed E-state index contributed by atoms with van der Waals surface area (Å²) in [6, 6.07) is 0. The summed E-state index contributed by atoms with van der Waals surface area (Å²) >= 11 is 0. The second-order valence-corrected chi connectivity index (χ2v) is 2.73. The summed E-state index contributed by atoms with van der Waals surface area (Å²) < 4.78 is 4.21. The Balaban J connectivity index is 4.46. The fraction of sp³-hybridized carbons (Fsp3) is 0.625. The molecule has 14 heavy (non-hydrogen) atoms. The van der Waals surface area contributed by atoms with Crippen molar-refractivity contribution in [2.24, 2.45) is 5.92 Å². The molecule has 0 spiro atoms. The standard InChI is InChI=1S/C8H12O6/c1-4(10)7(5(2)11)8(13)14-6(12)3-9/h6-7,9,12H,3H2,1-2H3. The van der Waals surface area contributed by atoms with Crippen molar-refractivity contribution < 1.29 is 29.3 Å². The number of ketones is 2. The van der Waals surface area contributed by atoms with E-state index < -0.39 is 36.4 Å². The van der Waals surface area contributed by atoms with Crippen LogP contribution in [-0.4, -0.2) is 40.6 Å². The first-order valence-corrected chi connectivity index (χ1v) is 3.90. The van der Waals surface area contributed by atoms with Crippen molar-refractivity contribution in [1.29, 1.82) is 0 Å². The van der Waals surface area contributed by atoms with E-state index in [0.717, 1.165) is 13.8 Å². The molecule has 0 aliphatic carbocycles. The lowest BCUT2D eigenvalue weighted by atomic mass is 10.0. The number of Topliss-reactive ketones (excluding diaryl/α,β-unsaturated/α-hetero) is 2. The second kappa shape index (κ2) is 5.46. The molecule has 0 amide bonds. The molecule has 6 nitrogen and oxygen atoms in total. The molecule has 0 fully saturated rings. The lowest BCUT2D eigenvalue weighted by Crippen LogP contribution is -2.34. The zero-order chi connectivity index (χ0) is 11.3. The number of hydrogen-bond acceptors (Lipinski definition) is 6. The highest BCUT2D eigenvalue weighted by molar-refractivity contribution is 6.15. The Bertz CT molecular complexity index is 232. The van der Waals surface area contributed by atoms with E-state index in [2.05, 4.69) is 4.74 Å². The Morgan fingerprint density at radius 3 is 1.93 bits per heavy atom. The minimum Gasteiger partial charge on any atom is -0.433 e. The Morgan fingerprint density at radius 2 is 1.64 bits per heavy atom. The van der Waals surface area contributed by atoms with Crippen LogP contribution in [0, 0.1) is 5.92 Å². The summed E-state index contributed by atoms with van der Waals surface area (Å²) in [6.07, 6.45) is -1.70. The highest BCUT2D eigenvalue weighted by Gasteiger charge is 2.30. The number of carbonyl (C=O) groups excluding carboxylic acids is 3. The van der Waals surface area contributed by atoms with Crippen LogP contribution in [0.5, 0.6) is 0 Å². The van der Waals surface area contributed by atoms with Crippen LogP contribution in [0.4, 0.5) is 0 Å². The van der Waals surface area contributed by atoms with Crippen LogP contribution in [0.1, 0.15) is 13.8 Å². The van der Waals surface area contributed by atoms with Crippen LogP contribution in [0.25, 0.3) is 0 Å². The molecule has 0 saturated carbocycles. The van der Waals surface area contributed by atoms with E-state index in [0.29, 0.717) is 0 Å². The minimum absolute atomic E-state index is 0.660. The lowest BCUT2D eigenvalue weighted by Gasteiger charge is -2.13. The Morgan fingerprint density at radius 1 is 1.21 bits per heavy atom. The highest BCUT2D eigenvalue weighted by atomic mass is 16.6. The first-order valence-electron chi connectivity index (χ1n) is 3.90. The van der Waals surface area contributed by atoms with Gasteiger partial charge in [-0.1, -0.05) is 0 Å². The summed E-state index contributed by atoms with van der Waals surface area (Å²) in [7, 11) is 0. The van der Waals surface area contributed by atoms with Crippen LogP contribution in [0.3, 0.4) is 0 Å². The average Bonchev–Trinajstić information content (AvgIpc) is 2.02. The van der Waals surface area contributed by atoms with Gasteiger partial charge in [-0.15, -0.1) is 0 Å². The van der Waals surface area contributed by atoms with Crippen molar-refractivity contribution >= 4 is 17.5 Å². The predicted octanol–water partition coefficient (Wildman–Crippen LogP) is -1.37. The molecular weight excluding hydrogens is 192 g/mol. The molecule has 0 saturated heterocycles. The summed E-state index contributed by atoms with van der Waals surface area (Å²) in [5.41, 5.74) is 0. The average molecular weight is 204 g/mol. The summed E-state index contributed by atoms with van der Waals surface area (Å²) in [6.45, 7) is 1.35. The van der Waals surface area contributed by atoms with E-state index in [9.17, 15) is 14.4 Å². The van der Waals surface area contributed by atoms with Gasteiger partial charge in [0.1, 0.15) is 6.61 Å². The van der Waals surface area contributed by atoms with Crippen LogP contribution in [0.2, 0.25) is 0 Å². The number of hydrogen-bond donors (Lipinski definition) is 2. The molecule has 0 radical (unpaired) electrons. The molecule has 6 heteroatoms. The quantitative estimate of drug-likeness (QED) is 0.325. The maximum atomic E-state index is 11.1. The van der Waals surface area contributed by atoms with E-state index >= 15 is 0 Å². The zero-order valence-electron chi connectivity index (χ0n) is 7.89. The highest BCUT2D eigenvalue weighted by Crippen LogP contribution is 2.04. The molecule has 0 rings (SSSR count). The van der Waals surface area contributed by atoms with Gasteiger partial charge in [-0.25, -0.2) is 0 Å². The second-order valence-electron chi connectivity index (χ2n) is 2.73. The summed E-state index contributed by atoms with van der Waals surface area (Å²) in [5.74, 6) is -3.98. The third-order valence-corrected chi connectivity index (χ3v) is 1.46. The molecule has 0 heterocycles. The molecule has 80 valence electrons. The van der Waals surface area contributed by atoms with Crippen molar-refractivity contribution in [2.45, 2.75) is 20.1 Å². The van der Waals surface area contributed by atoms with Crippen molar-refractivity contribution in [3.8, 4) is 0 Å². The van der Waals surface area contributed by atoms with Crippen molar-refractivity contribution in [3.05, 3.63) is 0 Å². The van der Waals surface area contributed by atoms with E-state index in [1.165, 1.54) is 0 Å². The van der Waals surface area contributed by atoms with Gasteiger partial charge in [-0.3, -0.25) is 14.4 Å². The third kappa shape index (κ3) is 3.63. The summed E-state index contributed by atoms with van der Waals surface area (Å²) in [5, 5.41) is 17.1. The zero-order valence-corrected chi connectivity index (χ0v) is 7.89. The Labute approximate surface area is 80.5 Å². The van der Waals surface area contributed by atoms with Crippen LogP contribution >= 0.6 is 0 Å². The van der Waals surface area contributed by atoms with Gasteiger partial charge in [0.2, 0.25) is 6.29 Å². The van der Waals surface area contributed by atoms with Crippen molar-refractivity contribution in [2.75, 3.05) is 6.61 Å². The van der Waals surface area contributed by atoms with Gasteiger partial charge in [0.25, 0.3) is 0 Å². The third-order valence-electron chi connectivity index (χ3n) is 1.46. The number of esters is 1. The first-order chi connectivity index (χ1) is 6.40. The van der Waals surface area contributed by atoms with Gasteiger partial charge >= 0.3 is 5.97 Å². The van der Waals surface area contributed by atoms with Crippen molar-refractivity contribution in [3.63, 3.8) is 0 Å². The van der Waals surface area contributed by atoms with Gasteiger partial charge in [0.05, 0.1) is 0 Å². The van der Waals surface area contributed by atoms with E-state index in [-0.39, 0.29) is 0 Å². The largest absolute Gasteiger partial charge is 0.433 e. The Kier molecular flexibility index (Phi) is 4.96. The number of aliphatic hydroxyl groups excluding tert-OH is 2. The maximum Gasteiger partial charge on any atom is 0.326 e.